The number of nitrogens with zero attached hydrogens (tertiary/aromatic N) is 1. The van der Waals surface area contributed by atoms with E-state index in [9.17, 15) is 20.0 Å². The average Bonchev–Trinajstić information content (AvgIpc) is 3.34. The minimum absolute atomic E-state index is 0.101. The van der Waals surface area contributed by atoms with Crippen LogP contribution in [0.25, 0.3) is 11.1 Å². The highest BCUT2D eigenvalue weighted by molar-refractivity contribution is 7.17. The van der Waals surface area contributed by atoms with Crippen molar-refractivity contribution in [3.05, 3.63) is 40.8 Å². The van der Waals surface area contributed by atoms with Gasteiger partial charge in [-0.05, 0) is 43.6 Å². The Balaban J connectivity index is 1.65. The Morgan fingerprint density at radius 2 is 1.85 bits per heavy atom. The second-order valence-corrected chi connectivity index (χ2v) is 8.65. The molecule has 4 rings (SSSR count). The summed E-state index contributed by atoms with van der Waals surface area (Å²) >= 11 is 1.38. The van der Waals surface area contributed by atoms with Gasteiger partial charge in [-0.25, -0.2) is 0 Å². The number of aryl methyl sites for hydroxylation is 1. The van der Waals surface area contributed by atoms with E-state index in [0.29, 0.717) is 10.6 Å². The maximum Gasteiger partial charge on any atom is 0.307 e. The lowest BCUT2D eigenvalue weighted by molar-refractivity contribution is -0.148. The zero-order chi connectivity index (χ0) is 19.1. The third-order valence-electron chi connectivity index (χ3n) is 6.00. The Hall–Kier alpha value is -2.65. The first-order valence-electron chi connectivity index (χ1n) is 9.13. The van der Waals surface area contributed by atoms with Gasteiger partial charge in [0.1, 0.15) is 11.1 Å². The maximum absolute atomic E-state index is 13.0. The number of fused-ring (bicyclic) bond motifs is 2. The average molecular weight is 380 g/mol. The smallest absolute Gasteiger partial charge is 0.307 e. The first kappa shape index (κ1) is 17.7. The van der Waals surface area contributed by atoms with Crippen molar-refractivity contribution < 1.29 is 14.7 Å². The van der Waals surface area contributed by atoms with Crippen LogP contribution in [0.2, 0.25) is 0 Å². The molecule has 6 heteroatoms. The molecule has 2 aliphatic rings. The van der Waals surface area contributed by atoms with Crippen LogP contribution in [0.5, 0.6) is 0 Å². The zero-order valence-electron chi connectivity index (χ0n) is 14.9. The molecule has 138 valence electrons. The van der Waals surface area contributed by atoms with Gasteiger partial charge in [0.2, 0.25) is 5.91 Å². The van der Waals surface area contributed by atoms with Crippen LogP contribution in [0.4, 0.5) is 5.00 Å². The molecule has 4 atom stereocenters. The quantitative estimate of drug-likeness (QED) is 0.828. The van der Waals surface area contributed by atoms with Gasteiger partial charge in [-0.3, -0.25) is 9.59 Å². The van der Waals surface area contributed by atoms with Crippen LogP contribution in [-0.2, 0) is 9.59 Å². The summed E-state index contributed by atoms with van der Waals surface area (Å²) in [7, 11) is 0. The Bertz CT molecular complexity index is 944. The van der Waals surface area contributed by atoms with Gasteiger partial charge >= 0.3 is 5.97 Å². The van der Waals surface area contributed by atoms with E-state index in [4.69, 9.17) is 0 Å². The highest BCUT2D eigenvalue weighted by Gasteiger charge is 2.54. The molecule has 2 saturated carbocycles. The van der Waals surface area contributed by atoms with E-state index in [2.05, 4.69) is 11.4 Å². The molecule has 0 unspecified atom stereocenters. The van der Waals surface area contributed by atoms with Crippen molar-refractivity contribution in [2.24, 2.45) is 23.7 Å². The lowest BCUT2D eigenvalue weighted by Crippen LogP contribution is -2.37. The number of amides is 1. The van der Waals surface area contributed by atoms with E-state index >= 15 is 0 Å². The van der Waals surface area contributed by atoms with Gasteiger partial charge in [0.15, 0.2) is 0 Å². The van der Waals surface area contributed by atoms with E-state index in [1.54, 1.807) is 0 Å². The number of benzene rings is 1. The molecule has 0 spiro atoms. The van der Waals surface area contributed by atoms with Gasteiger partial charge in [0.05, 0.1) is 17.4 Å². The number of aliphatic carboxylic acids is 1. The highest BCUT2D eigenvalue weighted by Crippen LogP contribution is 2.53. The zero-order valence-corrected chi connectivity index (χ0v) is 15.8. The Morgan fingerprint density at radius 1 is 1.19 bits per heavy atom. The fraction of sp³-hybridized carbons (Fsp3) is 0.381. The number of thiophene rings is 1. The SMILES string of the molecule is Cc1sc(NC(=O)[C@H]2[C@H]3CC[C@@H](C3)[C@@H]2C(=O)O)c(C#N)c1-c1ccccc1. The van der Waals surface area contributed by atoms with Crippen LogP contribution in [0.15, 0.2) is 30.3 Å². The molecule has 0 saturated heterocycles. The van der Waals surface area contributed by atoms with Crippen LogP contribution in [-0.4, -0.2) is 17.0 Å². The van der Waals surface area contributed by atoms with Gasteiger partial charge in [0, 0.05) is 10.4 Å². The molecule has 27 heavy (non-hydrogen) atoms. The molecule has 5 nitrogen and oxygen atoms in total. The molecule has 0 radical (unpaired) electrons. The summed E-state index contributed by atoms with van der Waals surface area (Å²) in [5.41, 5.74) is 2.22. The lowest BCUT2D eigenvalue weighted by atomic mass is 9.79. The van der Waals surface area contributed by atoms with E-state index < -0.39 is 17.8 Å². The van der Waals surface area contributed by atoms with Gasteiger partial charge in [0.25, 0.3) is 0 Å². The van der Waals surface area contributed by atoms with Crippen molar-refractivity contribution in [2.75, 3.05) is 5.32 Å². The van der Waals surface area contributed by atoms with Crippen molar-refractivity contribution in [3.63, 3.8) is 0 Å². The fourth-order valence-corrected chi connectivity index (χ4v) is 5.94. The summed E-state index contributed by atoms with van der Waals surface area (Å²) in [6.45, 7) is 1.93. The van der Waals surface area contributed by atoms with Gasteiger partial charge in [-0.1, -0.05) is 30.3 Å². The molecule has 2 aliphatic carbocycles. The molecular weight excluding hydrogens is 360 g/mol. The maximum atomic E-state index is 13.0. The molecule has 1 heterocycles. The van der Waals surface area contributed by atoms with Crippen molar-refractivity contribution in [2.45, 2.75) is 26.2 Å². The second kappa shape index (κ2) is 6.82. The predicted molar refractivity (Wildman–Crippen MR) is 103 cm³/mol. The minimum atomic E-state index is -0.879. The van der Waals surface area contributed by atoms with E-state index in [-0.39, 0.29) is 17.7 Å². The molecule has 1 amide bonds. The number of nitrogens with one attached hydrogen (secondary N) is 1. The molecular formula is C21H20N2O3S. The molecule has 2 aromatic rings. The molecule has 0 aliphatic heterocycles. The number of hydrogen-bond acceptors (Lipinski definition) is 4. The molecule has 1 aromatic carbocycles. The van der Waals surface area contributed by atoms with Crippen LogP contribution in [0.3, 0.4) is 0 Å². The summed E-state index contributed by atoms with van der Waals surface area (Å²) in [6, 6.07) is 11.9. The summed E-state index contributed by atoms with van der Waals surface area (Å²) in [6.07, 6.45) is 2.63. The minimum Gasteiger partial charge on any atom is -0.481 e. The Morgan fingerprint density at radius 3 is 2.48 bits per heavy atom. The van der Waals surface area contributed by atoms with Crippen LogP contribution < -0.4 is 5.32 Å². The number of nitriles is 1. The number of carbonyl (C=O) groups is 2. The molecule has 1 aromatic heterocycles. The monoisotopic (exact) mass is 380 g/mol. The Labute approximate surface area is 161 Å². The largest absolute Gasteiger partial charge is 0.481 e. The molecule has 2 bridgehead atoms. The van der Waals surface area contributed by atoms with Crippen molar-refractivity contribution in [3.8, 4) is 17.2 Å². The third-order valence-corrected chi connectivity index (χ3v) is 7.02. The van der Waals surface area contributed by atoms with Crippen molar-refractivity contribution in [1.82, 2.24) is 0 Å². The summed E-state index contributed by atoms with van der Waals surface area (Å²) < 4.78 is 0. The number of carbonyl (C=O) groups excluding carboxylic acids is 1. The van der Waals surface area contributed by atoms with Crippen LogP contribution >= 0.6 is 11.3 Å². The van der Waals surface area contributed by atoms with E-state index in [0.717, 1.165) is 35.3 Å². The van der Waals surface area contributed by atoms with Crippen LogP contribution in [0.1, 0.15) is 29.7 Å². The fourth-order valence-electron chi connectivity index (χ4n) is 4.91. The number of anilines is 1. The van der Waals surface area contributed by atoms with E-state index in [1.165, 1.54) is 11.3 Å². The topological polar surface area (TPSA) is 90.2 Å². The van der Waals surface area contributed by atoms with E-state index in [1.807, 2.05) is 37.3 Å². The molecule has 2 fully saturated rings. The summed E-state index contributed by atoms with van der Waals surface area (Å²) in [4.78, 5) is 25.6. The van der Waals surface area contributed by atoms with Gasteiger partial charge < -0.3 is 10.4 Å². The first-order chi connectivity index (χ1) is 13.0. The summed E-state index contributed by atoms with van der Waals surface area (Å²) in [5.74, 6) is -2.01. The van der Waals surface area contributed by atoms with Gasteiger partial charge in [-0.2, -0.15) is 5.26 Å². The molecule has 2 N–H and O–H groups in total. The predicted octanol–water partition coefficient (Wildman–Crippen LogP) is 4.28. The van der Waals surface area contributed by atoms with Crippen molar-refractivity contribution in [1.29, 1.82) is 5.26 Å². The Kier molecular flexibility index (Phi) is 4.48. The normalized spacial score (nSPS) is 25.9. The van der Waals surface area contributed by atoms with Crippen LogP contribution in [0, 0.1) is 41.9 Å². The van der Waals surface area contributed by atoms with Gasteiger partial charge in [-0.15, -0.1) is 11.3 Å². The number of carboxylic acid groups (broad SMARTS) is 1. The standard InChI is InChI=1S/C21H20N2O3S/c1-11-16(12-5-3-2-4-6-12)15(10-22)20(27-11)23-19(24)17-13-7-8-14(9-13)18(17)21(25)26/h2-6,13-14,17-18H,7-9H2,1H3,(H,23,24)(H,25,26)/t13-,14-,17-,18-/m0/s1. The first-order valence-corrected chi connectivity index (χ1v) is 9.95. The number of rotatable bonds is 4. The summed E-state index contributed by atoms with van der Waals surface area (Å²) in [5, 5.41) is 22.7. The van der Waals surface area contributed by atoms with Crippen molar-refractivity contribution >= 4 is 28.2 Å². The second-order valence-electron chi connectivity index (χ2n) is 7.43. The third kappa shape index (κ3) is 2.92. The lowest BCUT2D eigenvalue weighted by Gasteiger charge is -2.26. The number of carboxylic acids is 1. The highest BCUT2D eigenvalue weighted by atomic mass is 32.1. The number of hydrogen-bond donors (Lipinski definition) is 2.